The fourth-order valence-corrected chi connectivity index (χ4v) is 3.59. The molecule has 0 aliphatic carbocycles. The Hall–Kier alpha value is -2.38. The summed E-state index contributed by atoms with van der Waals surface area (Å²) in [6, 6.07) is 7.74. The molecule has 0 N–H and O–H groups in total. The highest BCUT2D eigenvalue weighted by Gasteiger charge is 2.78. The minimum Gasteiger partial charge on any atom is -0.266 e. The zero-order valence-electron chi connectivity index (χ0n) is 13.5. The van der Waals surface area contributed by atoms with Crippen molar-refractivity contribution in [3.05, 3.63) is 47.5 Å². The Bertz CT molecular complexity index is 1100. The summed E-state index contributed by atoms with van der Waals surface area (Å²) in [6.07, 6.45) is 0. The summed E-state index contributed by atoms with van der Waals surface area (Å²) in [7, 11) is -7.00. The number of benzene rings is 2. The number of imide groups is 1. The molecule has 6 nitrogen and oxygen atoms in total. The molecule has 29 heavy (non-hydrogen) atoms. The van der Waals surface area contributed by atoms with Gasteiger partial charge in [-0.25, -0.2) is 0 Å². The highest BCUT2D eigenvalue weighted by Crippen LogP contribution is 2.51. The van der Waals surface area contributed by atoms with Gasteiger partial charge in [0.25, 0.3) is 11.8 Å². The van der Waals surface area contributed by atoms with Crippen LogP contribution >= 0.6 is 11.6 Å². The van der Waals surface area contributed by atoms with Crippen LogP contribution in [0, 0.1) is 0 Å². The molecule has 1 aliphatic rings. The van der Waals surface area contributed by atoms with Crippen molar-refractivity contribution in [2.75, 3.05) is 0 Å². The molecule has 0 aromatic heterocycles. The second-order valence-electron chi connectivity index (χ2n) is 5.73. The Balaban J connectivity index is 2.07. The van der Waals surface area contributed by atoms with Crippen molar-refractivity contribution in [2.24, 2.45) is 0 Å². The molecule has 1 heterocycles. The van der Waals surface area contributed by atoms with Crippen molar-refractivity contribution in [2.45, 2.75) is 16.6 Å². The first-order valence-corrected chi connectivity index (χ1v) is 9.09. The van der Waals surface area contributed by atoms with Gasteiger partial charge in [0.2, 0.25) is 0 Å². The number of hydrogen-bond donors (Lipinski definition) is 0. The molecule has 156 valence electrons. The molecule has 0 radical (unpaired) electrons. The van der Waals surface area contributed by atoms with Crippen LogP contribution in [0.2, 0.25) is 0 Å². The minimum absolute atomic E-state index is 0.0339. The number of amides is 2. The summed E-state index contributed by atoms with van der Waals surface area (Å²) >= 11 is 3.91. The minimum atomic E-state index is -7.00. The molecule has 3 rings (SSSR count). The van der Waals surface area contributed by atoms with E-state index >= 15 is 0 Å². The SMILES string of the molecule is O=C1c2cccc3cccc(c23)C(=O)N1OS(=O)(=O)C(F)(F)C(F)(F)C(F)(F)Cl. The van der Waals surface area contributed by atoms with E-state index in [4.69, 9.17) is 0 Å². The zero-order valence-corrected chi connectivity index (χ0v) is 15.1. The van der Waals surface area contributed by atoms with Crippen molar-refractivity contribution >= 4 is 44.3 Å². The third kappa shape index (κ3) is 2.95. The molecule has 0 saturated heterocycles. The number of alkyl halides is 7. The van der Waals surface area contributed by atoms with Crippen LogP contribution in [0.1, 0.15) is 20.7 Å². The number of carbonyl (C=O) groups excluding carboxylic acids is 2. The van der Waals surface area contributed by atoms with E-state index in [0.29, 0.717) is 5.39 Å². The van der Waals surface area contributed by atoms with E-state index in [0.717, 1.165) is 12.1 Å². The summed E-state index contributed by atoms with van der Waals surface area (Å²) in [5.74, 6) is -9.81. The van der Waals surface area contributed by atoms with Crippen LogP contribution in [0.25, 0.3) is 10.8 Å². The first kappa shape index (κ1) is 21.3. The fraction of sp³-hybridized carbons (Fsp3) is 0.200. The van der Waals surface area contributed by atoms with E-state index < -0.39 is 43.6 Å². The molecule has 0 bridgehead atoms. The maximum atomic E-state index is 13.7. The quantitative estimate of drug-likeness (QED) is 0.385. The van der Waals surface area contributed by atoms with Crippen molar-refractivity contribution in [1.29, 1.82) is 0 Å². The lowest BCUT2D eigenvalue weighted by atomic mass is 9.95. The van der Waals surface area contributed by atoms with Crippen molar-refractivity contribution < 1.29 is 48.6 Å². The van der Waals surface area contributed by atoms with Crippen LogP contribution in [0.4, 0.5) is 26.3 Å². The molecule has 0 unspecified atom stereocenters. The average Bonchev–Trinajstić information content (AvgIpc) is 2.61. The normalized spacial score (nSPS) is 15.9. The smallest absolute Gasteiger partial charge is 0.266 e. The van der Waals surface area contributed by atoms with Gasteiger partial charge in [0.1, 0.15) is 0 Å². The van der Waals surface area contributed by atoms with Gasteiger partial charge in [-0.1, -0.05) is 24.3 Å². The number of rotatable bonds is 5. The number of halogens is 7. The van der Waals surface area contributed by atoms with Crippen molar-refractivity contribution in [3.8, 4) is 0 Å². The summed E-state index contributed by atoms with van der Waals surface area (Å²) in [5, 5.41) is -12.9. The van der Waals surface area contributed by atoms with Crippen LogP contribution in [0.15, 0.2) is 36.4 Å². The van der Waals surface area contributed by atoms with E-state index in [-0.39, 0.29) is 16.5 Å². The van der Waals surface area contributed by atoms with Crippen LogP contribution in [-0.2, 0) is 14.4 Å². The largest absolute Gasteiger partial charge is 0.441 e. The second kappa shape index (κ2) is 6.31. The van der Waals surface area contributed by atoms with E-state index in [1.165, 1.54) is 24.3 Å². The van der Waals surface area contributed by atoms with Gasteiger partial charge in [-0.15, -0.1) is 9.35 Å². The lowest BCUT2D eigenvalue weighted by Crippen LogP contribution is -2.57. The summed E-state index contributed by atoms with van der Waals surface area (Å²) < 4.78 is 106. The predicted octanol–water partition coefficient (Wildman–Crippen LogP) is 3.76. The molecule has 0 fully saturated rings. The zero-order chi connectivity index (χ0) is 22.0. The number of nitrogens with zero attached hydrogens (tertiary/aromatic N) is 1. The number of carbonyl (C=O) groups is 2. The summed E-state index contributed by atoms with van der Waals surface area (Å²) in [6.45, 7) is 0. The third-order valence-electron chi connectivity index (χ3n) is 3.94. The Morgan fingerprint density at radius 1 is 0.862 bits per heavy atom. The van der Waals surface area contributed by atoms with Gasteiger partial charge in [-0.3, -0.25) is 9.59 Å². The molecular formula is C15H6ClF6NO5S. The van der Waals surface area contributed by atoms with Crippen molar-refractivity contribution in [3.63, 3.8) is 0 Å². The third-order valence-corrected chi connectivity index (χ3v) is 5.41. The predicted molar refractivity (Wildman–Crippen MR) is 85.1 cm³/mol. The standard InChI is InChI=1S/C15H6ClF6NO5S/c16-14(19,20)13(17,18)15(21,22)29(26,27)28-23-11(24)8-5-1-3-7-4-2-6-9(10(7)8)12(23)25/h1-6H. The molecule has 0 saturated carbocycles. The Kier molecular flexibility index (Phi) is 4.64. The number of hydrogen-bond acceptors (Lipinski definition) is 5. The van der Waals surface area contributed by atoms with Gasteiger partial charge in [-0.05, 0) is 29.1 Å². The van der Waals surface area contributed by atoms with Crippen molar-refractivity contribution in [1.82, 2.24) is 5.06 Å². The topological polar surface area (TPSA) is 80.8 Å². The molecule has 2 aromatic rings. The number of hydroxylamine groups is 2. The summed E-state index contributed by atoms with van der Waals surface area (Å²) in [5.41, 5.74) is -0.740. The lowest BCUT2D eigenvalue weighted by Gasteiger charge is -2.30. The molecule has 14 heteroatoms. The molecule has 2 aromatic carbocycles. The Labute approximate surface area is 162 Å². The van der Waals surface area contributed by atoms with Gasteiger partial charge in [0.05, 0.1) is 11.1 Å². The fourth-order valence-electron chi connectivity index (χ4n) is 2.54. The Morgan fingerprint density at radius 3 is 1.72 bits per heavy atom. The van der Waals surface area contributed by atoms with Crippen LogP contribution in [0.5, 0.6) is 0 Å². The molecule has 1 aliphatic heterocycles. The van der Waals surface area contributed by atoms with E-state index in [2.05, 4.69) is 15.9 Å². The maximum absolute atomic E-state index is 13.7. The van der Waals surface area contributed by atoms with Crippen LogP contribution < -0.4 is 0 Å². The molecule has 2 amide bonds. The van der Waals surface area contributed by atoms with Gasteiger partial charge in [-0.2, -0.15) is 34.8 Å². The van der Waals surface area contributed by atoms with Gasteiger partial charge >= 0.3 is 26.7 Å². The van der Waals surface area contributed by atoms with Gasteiger partial charge in [0, 0.05) is 5.39 Å². The van der Waals surface area contributed by atoms with Crippen LogP contribution in [0.3, 0.4) is 0 Å². The van der Waals surface area contributed by atoms with Crippen LogP contribution in [-0.4, -0.2) is 41.9 Å². The first-order valence-electron chi connectivity index (χ1n) is 7.30. The second-order valence-corrected chi connectivity index (χ2v) is 7.78. The van der Waals surface area contributed by atoms with Gasteiger partial charge in [0.15, 0.2) is 0 Å². The molecule has 0 atom stereocenters. The first-order chi connectivity index (χ1) is 13.1. The highest BCUT2D eigenvalue weighted by molar-refractivity contribution is 7.87. The van der Waals surface area contributed by atoms with E-state index in [1.54, 1.807) is 0 Å². The maximum Gasteiger partial charge on any atom is 0.441 e. The lowest BCUT2D eigenvalue weighted by molar-refractivity contribution is -0.248. The van der Waals surface area contributed by atoms with Gasteiger partial charge < -0.3 is 0 Å². The van der Waals surface area contributed by atoms with E-state index in [9.17, 15) is 44.3 Å². The highest BCUT2D eigenvalue weighted by atomic mass is 35.5. The Morgan fingerprint density at radius 2 is 1.31 bits per heavy atom. The molecular weight excluding hydrogens is 456 g/mol. The average molecular weight is 462 g/mol. The van der Waals surface area contributed by atoms with E-state index in [1.807, 2.05) is 0 Å². The monoisotopic (exact) mass is 461 g/mol. The molecule has 0 spiro atoms. The summed E-state index contributed by atoms with van der Waals surface area (Å²) in [4.78, 5) is 24.7.